The summed E-state index contributed by atoms with van der Waals surface area (Å²) < 4.78 is 18.0. The lowest BCUT2D eigenvalue weighted by Gasteiger charge is -2.08. The van der Waals surface area contributed by atoms with Crippen LogP contribution in [0, 0.1) is 5.82 Å². The van der Waals surface area contributed by atoms with Gasteiger partial charge in [0.2, 0.25) is 5.91 Å². The van der Waals surface area contributed by atoms with Gasteiger partial charge in [-0.15, -0.1) is 0 Å². The van der Waals surface area contributed by atoms with E-state index in [0.29, 0.717) is 5.69 Å². The Morgan fingerprint density at radius 3 is 2.81 bits per heavy atom. The average Bonchev–Trinajstić information content (AvgIpc) is 2.16. The molecule has 0 aliphatic carbocycles. The van der Waals surface area contributed by atoms with Crippen LogP contribution >= 0.6 is 0 Å². The third-order valence-corrected chi connectivity index (χ3v) is 1.94. The Kier molecular flexibility index (Phi) is 4.25. The number of amides is 1. The first kappa shape index (κ1) is 12.4. The van der Waals surface area contributed by atoms with Crippen LogP contribution in [-0.4, -0.2) is 19.1 Å². The fourth-order valence-corrected chi connectivity index (χ4v) is 1.25. The molecule has 0 spiro atoms. The SMILES string of the molecule is COc1ccc(NC(=O)CC(C)N)cc1F. The van der Waals surface area contributed by atoms with Gasteiger partial charge in [0.05, 0.1) is 7.11 Å². The van der Waals surface area contributed by atoms with E-state index in [1.165, 1.54) is 19.2 Å². The second-order valence-electron chi connectivity index (χ2n) is 3.58. The zero-order valence-electron chi connectivity index (χ0n) is 9.29. The Balaban J connectivity index is 2.68. The van der Waals surface area contributed by atoms with E-state index in [1.807, 2.05) is 0 Å². The summed E-state index contributed by atoms with van der Waals surface area (Å²) in [4.78, 5) is 11.3. The second-order valence-corrected chi connectivity index (χ2v) is 3.58. The van der Waals surface area contributed by atoms with Gasteiger partial charge in [-0.3, -0.25) is 4.79 Å². The van der Waals surface area contributed by atoms with Crippen molar-refractivity contribution < 1.29 is 13.9 Å². The molecule has 0 bridgehead atoms. The van der Waals surface area contributed by atoms with Gasteiger partial charge in [0.25, 0.3) is 0 Å². The van der Waals surface area contributed by atoms with Gasteiger partial charge in [0.15, 0.2) is 11.6 Å². The van der Waals surface area contributed by atoms with Crippen LogP contribution in [0.2, 0.25) is 0 Å². The number of benzene rings is 1. The zero-order valence-corrected chi connectivity index (χ0v) is 9.29. The highest BCUT2D eigenvalue weighted by Gasteiger charge is 2.08. The molecule has 16 heavy (non-hydrogen) atoms. The fraction of sp³-hybridized carbons (Fsp3) is 0.364. The molecule has 1 rings (SSSR count). The number of nitrogens with two attached hydrogens (primary N) is 1. The van der Waals surface area contributed by atoms with Crippen molar-refractivity contribution in [1.82, 2.24) is 0 Å². The number of ether oxygens (including phenoxy) is 1. The van der Waals surface area contributed by atoms with E-state index in [4.69, 9.17) is 10.5 Å². The van der Waals surface area contributed by atoms with E-state index in [9.17, 15) is 9.18 Å². The lowest BCUT2D eigenvalue weighted by Crippen LogP contribution is -2.24. The molecule has 1 atom stereocenters. The first-order valence-electron chi connectivity index (χ1n) is 4.92. The van der Waals surface area contributed by atoms with Crippen LogP contribution in [0.5, 0.6) is 5.75 Å². The highest BCUT2D eigenvalue weighted by atomic mass is 19.1. The molecule has 0 aliphatic rings. The van der Waals surface area contributed by atoms with Crippen molar-refractivity contribution in [2.75, 3.05) is 12.4 Å². The summed E-state index contributed by atoms with van der Waals surface area (Å²) in [7, 11) is 1.38. The van der Waals surface area contributed by atoms with E-state index in [-0.39, 0.29) is 24.1 Å². The summed E-state index contributed by atoms with van der Waals surface area (Å²) in [6.45, 7) is 1.73. The number of anilines is 1. The maximum absolute atomic E-state index is 13.3. The minimum atomic E-state index is -0.513. The molecule has 0 saturated carbocycles. The summed E-state index contributed by atoms with van der Waals surface area (Å²) in [6.07, 6.45) is 0.202. The average molecular weight is 226 g/mol. The van der Waals surface area contributed by atoms with Crippen LogP contribution in [0.25, 0.3) is 0 Å². The molecule has 0 heterocycles. The maximum Gasteiger partial charge on any atom is 0.225 e. The maximum atomic E-state index is 13.3. The first-order valence-corrected chi connectivity index (χ1v) is 4.92. The Hall–Kier alpha value is -1.62. The molecule has 0 aromatic heterocycles. The molecule has 3 N–H and O–H groups in total. The lowest BCUT2D eigenvalue weighted by atomic mass is 10.2. The number of halogens is 1. The minimum absolute atomic E-state index is 0.144. The number of nitrogens with one attached hydrogen (secondary N) is 1. The van der Waals surface area contributed by atoms with Crippen LogP contribution < -0.4 is 15.8 Å². The smallest absolute Gasteiger partial charge is 0.225 e. The third kappa shape index (κ3) is 3.51. The second kappa shape index (κ2) is 5.46. The standard InChI is InChI=1S/C11H15FN2O2/c1-7(13)5-11(15)14-8-3-4-10(16-2)9(12)6-8/h3-4,6-7H,5,13H2,1-2H3,(H,14,15). The van der Waals surface area contributed by atoms with Crippen LogP contribution in [0.15, 0.2) is 18.2 Å². The van der Waals surface area contributed by atoms with Gasteiger partial charge in [0.1, 0.15) is 0 Å². The zero-order chi connectivity index (χ0) is 12.1. The number of carbonyl (C=O) groups is 1. The minimum Gasteiger partial charge on any atom is -0.494 e. The first-order chi connectivity index (χ1) is 7.52. The van der Waals surface area contributed by atoms with Crippen molar-refractivity contribution in [1.29, 1.82) is 0 Å². The van der Waals surface area contributed by atoms with Gasteiger partial charge in [0, 0.05) is 24.2 Å². The van der Waals surface area contributed by atoms with Gasteiger partial charge < -0.3 is 15.8 Å². The predicted molar refractivity (Wildman–Crippen MR) is 59.8 cm³/mol. The molecule has 88 valence electrons. The molecule has 0 saturated heterocycles. The topological polar surface area (TPSA) is 64.3 Å². The molecule has 1 amide bonds. The molecule has 0 radical (unpaired) electrons. The van der Waals surface area contributed by atoms with Gasteiger partial charge in [-0.05, 0) is 19.1 Å². The van der Waals surface area contributed by atoms with Crippen LogP contribution in [-0.2, 0) is 4.79 Å². The summed E-state index contributed by atoms with van der Waals surface area (Å²) in [5, 5.41) is 2.55. The number of hydrogen-bond donors (Lipinski definition) is 2. The van der Waals surface area contributed by atoms with E-state index < -0.39 is 5.82 Å². The molecular weight excluding hydrogens is 211 g/mol. The summed E-state index contributed by atoms with van der Waals surface area (Å²) in [5.74, 6) is -0.606. The molecule has 1 unspecified atom stereocenters. The highest BCUT2D eigenvalue weighted by molar-refractivity contribution is 5.91. The number of rotatable bonds is 4. The normalized spacial score (nSPS) is 12.0. The van der Waals surface area contributed by atoms with Crippen LogP contribution in [0.4, 0.5) is 10.1 Å². The number of carbonyl (C=O) groups excluding carboxylic acids is 1. The Bertz CT molecular complexity index is 380. The number of methoxy groups -OCH3 is 1. The van der Waals surface area contributed by atoms with E-state index >= 15 is 0 Å². The molecular formula is C11H15FN2O2. The van der Waals surface area contributed by atoms with E-state index in [2.05, 4.69) is 5.32 Å². The van der Waals surface area contributed by atoms with Crippen molar-refractivity contribution in [3.63, 3.8) is 0 Å². The molecule has 5 heteroatoms. The molecule has 0 fully saturated rings. The van der Waals surface area contributed by atoms with Crippen LogP contribution in [0.1, 0.15) is 13.3 Å². The lowest BCUT2D eigenvalue weighted by molar-refractivity contribution is -0.116. The largest absolute Gasteiger partial charge is 0.494 e. The van der Waals surface area contributed by atoms with Crippen LogP contribution in [0.3, 0.4) is 0 Å². The Morgan fingerprint density at radius 2 is 2.31 bits per heavy atom. The van der Waals surface area contributed by atoms with Gasteiger partial charge >= 0.3 is 0 Å². The molecule has 0 aliphatic heterocycles. The van der Waals surface area contributed by atoms with Crippen molar-refractivity contribution in [2.24, 2.45) is 5.73 Å². The van der Waals surface area contributed by atoms with Crippen molar-refractivity contribution >= 4 is 11.6 Å². The number of hydrogen-bond acceptors (Lipinski definition) is 3. The Morgan fingerprint density at radius 1 is 1.62 bits per heavy atom. The highest BCUT2D eigenvalue weighted by Crippen LogP contribution is 2.20. The monoisotopic (exact) mass is 226 g/mol. The van der Waals surface area contributed by atoms with E-state index in [0.717, 1.165) is 0 Å². The quantitative estimate of drug-likeness (QED) is 0.817. The molecule has 1 aromatic carbocycles. The Labute approximate surface area is 93.6 Å². The molecule has 1 aromatic rings. The van der Waals surface area contributed by atoms with Crippen molar-refractivity contribution in [3.8, 4) is 5.75 Å². The predicted octanol–water partition coefficient (Wildman–Crippen LogP) is 1.51. The third-order valence-electron chi connectivity index (χ3n) is 1.94. The van der Waals surface area contributed by atoms with Crippen molar-refractivity contribution in [2.45, 2.75) is 19.4 Å². The fourth-order valence-electron chi connectivity index (χ4n) is 1.25. The summed E-state index contributed by atoms with van der Waals surface area (Å²) in [6, 6.07) is 4.01. The van der Waals surface area contributed by atoms with Gasteiger partial charge in [-0.1, -0.05) is 0 Å². The summed E-state index contributed by atoms with van der Waals surface area (Å²) in [5.41, 5.74) is 5.86. The molecule has 4 nitrogen and oxygen atoms in total. The van der Waals surface area contributed by atoms with Crippen molar-refractivity contribution in [3.05, 3.63) is 24.0 Å². The summed E-state index contributed by atoms with van der Waals surface area (Å²) >= 11 is 0. The van der Waals surface area contributed by atoms with E-state index in [1.54, 1.807) is 13.0 Å². The van der Waals surface area contributed by atoms with Gasteiger partial charge in [-0.25, -0.2) is 4.39 Å². The van der Waals surface area contributed by atoms with Gasteiger partial charge in [-0.2, -0.15) is 0 Å².